The summed E-state index contributed by atoms with van der Waals surface area (Å²) in [4.78, 5) is 16.4. The van der Waals surface area contributed by atoms with Crippen molar-refractivity contribution in [3.05, 3.63) is 35.6 Å². The third kappa shape index (κ3) is 7.92. The van der Waals surface area contributed by atoms with Crippen LogP contribution in [0.25, 0.3) is 0 Å². The number of nitrogens with zero attached hydrogens (tertiary/aromatic N) is 1. The molecule has 1 aliphatic rings. The second-order valence-electron chi connectivity index (χ2n) is 6.13. The lowest BCUT2D eigenvalue weighted by Gasteiger charge is -2.12. The second kappa shape index (κ2) is 12.2. The number of amides is 1. The minimum Gasteiger partial charge on any atom is -0.379 e. The molecule has 8 heteroatoms. The van der Waals surface area contributed by atoms with Gasteiger partial charge in [0.15, 0.2) is 5.96 Å². The molecule has 1 saturated heterocycles. The van der Waals surface area contributed by atoms with E-state index in [1.807, 2.05) is 6.92 Å². The fourth-order valence-electron chi connectivity index (χ4n) is 2.59. The van der Waals surface area contributed by atoms with Gasteiger partial charge in [-0.25, -0.2) is 4.39 Å². The van der Waals surface area contributed by atoms with Gasteiger partial charge < -0.3 is 25.4 Å². The van der Waals surface area contributed by atoms with Gasteiger partial charge in [0.05, 0.1) is 18.3 Å². The largest absolute Gasteiger partial charge is 0.379 e. The molecule has 1 heterocycles. The molecule has 27 heavy (non-hydrogen) atoms. The molecule has 1 fully saturated rings. The quantitative estimate of drug-likeness (QED) is 0.324. The van der Waals surface area contributed by atoms with Crippen molar-refractivity contribution in [1.82, 2.24) is 16.0 Å². The summed E-state index contributed by atoms with van der Waals surface area (Å²) >= 11 is 0. The Balaban J connectivity index is 1.62. The molecule has 1 aromatic carbocycles. The van der Waals surface area contributed by atoms with E-state index in [9.17, 15) is 9.18 Å². The zero-order valence-electron chi connectivity index (χ0n) is 15.8. The topological polar surface area (TPSA) is 84.0 Å². The summed E-state index contributed by atoms with van der Waals surface area (Å²) in [5.74, 6) is -0.268. The van der Waals surface area contributed by atoms with E-state index in [1.54, 1.807) is 12.1 Å². The number of halogens is 1. The molecule has 1 unspecified atom stereocenters. The number of carbonyl (C=O) groups excluding carboxylic acids is 1. The molecule has 1 amide bonds. The fraction of sp³-hybridized carbons (Fsp3) is 0.579. The third-order valence-corrected chi connectivity index (χ3v) is 3.98. The molecular weight excluding hydrogens is 351 g/mol. The number of carbonyl (C=O) groups is 1. The number of guanidine groups is 1. The van der Waals surface area contributed by atoms with Crippen molar-refractivity contribution in [3.8, 4) is 0 Å². The maximum atomic E-state index is 13.6. The number of rotatable bonds is 10. The summed E-state index contributed by atoms with van der Waals surface area (Å²) in [7, 11) is 0. The van der Waals surface area contributed by atoms with Gasteiger partial charge in [-0.3, -0.25) is 9.79 Å². The summed E-state index contributed by atoms with van der Waals surface area (Å²) in [5, 5.41) is 8.98. The number of aliphatic imine (C=N–C) groups is 1. The van der Waals surface area contributed by atoms with Crippen molar-refractivity contribution in [2.24, 2.45) is 4.99 Å². The van der Waals surface area contributed by atoms with Gasteiger partial charge in [0.1, 0.15) is 5.82 Å². The maximum Gasteiger partial charge on any atom is 0.254 e. The highest BCUT2D eigenvalue weighted by Gasteiger charge is 2.15. The predicted octanol–water partition coefficient (Wildman–Crippen LogP) is 1.31. The summed E-state index contributed by atoms with van der Waals surface area (Å²) in [6.07, 6.45) is 2.02. The van der Waals surface area contributed by atoms with E-state index in [4.69, 9.17) is 9.47 Å². The van der Waals surface area contributed by atoms with E-state index in [2.05, 4.69) is 20.9 Å². The van der Waals surface area contributed by atoms with Crippen LogP contribution in [0.5, 0.6) is 0 Å². The number of nitrogens with one attached hydrogen (secondary N) is 3. The van der Waals surface area contributed by atoms with Crippen LogP contribution >= 0.6 is 0 Å². The summed E-state index contributed by atoms with van der Waals surface area (Å²) < 4.78 is 24.5. The number of hydrogen-bond donors (Lipinski definition) is 3. The number of benzene rings is 1. The molecule has 150 valence electrons. The van der Waals surface area contributed by atoms with Crippen LogP contribution < -0.4 is 16.0 Å². The van der Waals surface area contributed by atoms with E-state index >= 15 is 0 Å². The Labute approximate surface area is 159 Å². The normalized spacial score (nSPS) is 17.0. The predicted molar refractivity (Wildman–Crippen MR) is 103 cm³/mol. The van der Waals surface area contributed by atoms with Crippen molar-refractivity contribution >= 4 is 11.9 Å². The fourth-order valence-corrected chi connectivity index (χ4v) is 2.59. The van der Waals surface area contributed by atoms with Crippen molar-refractivity contribution in [2.75, 3.05) is 46.0 Å². The molecular formula is C19H29FN4O3. The van der Waals surface area contributed by atoms with Gasteiger partial charge in [-0.05, 0) is 31.9 Å². The molecule has 0 spiro atoms. The minimum atomic E-state index is -0.524. The molecule has 0 bridgehead atoms. The number of hydrogen-bond acceptors (Lipinski definition) is 4. The highest BCUT2D eigenvalue weighted by molar-refractivity contribution is 5.94. The van der Waals surface area contributed by atoms with Crippen molar-refractivity contribution in [1.29, 1.82) is 0 Å². The van der Waals surface area contributed by atoms with E-state index in [1.165, 1.54) is 12.1 Å². The first kappa shape index (κ1) is 21.1. The summed E-state index contributed by atoms with van der Waals surface area (Å²) in [6, 6.07) is 5.92. The lowest BCUT2D eigenvalue weighted by molar-refractivity contribution is 0.0424. The van der Waals surface area contributed by atoms with Crippen molar-refractivity contribution in [3.63, 3.8) is 0 Å². The molecule has 7 nitrogen and oxygen atoms in total. The molecule has 1 atom stereocenters. The molecule has 0 radical (unpaired) electrons. The van der Waals surface area contributed by atoms with Gasteiger partial charge in [0, 0.05) is 39.4 Å². The zero-order valence-corrected chi connectivity index (χ0v) is 15.8. The van der Waals surface area contributed by atoms with Gasteiger partial charge in [0.25, 0.3) is 5.91 Å². The molecule has 0 aromatic heterocycles. The average Bonchev–Trinajstić information content (AvgIpc) is 3.18. The van der Waals surface area contributed by atoms with Crippen LogP contribution in [0.2, 0.25) is 0 Å². The van der Waals surface area contributed by atoms with Gasteiger partial charge in [-0.1, -0.05) is 12.1 Å². The van der Waals surface area contributed by atoms with Crippen LogP contribution in [0, 0.1) is 5.82 Å². The van der Waals surface area contributed by atoms with E-state index in [-0.39, 0.29) is 11.7 Å². The molecule has 0 aliphatic carbocycles. The third-order valence-electron chi connectivity index (χ3n) is 3.98. The Morgan fingerprint density at radius 1 is 1.30 bits per heavy atom. The smallest absolute Gasteiger partial charge is 0.254 e. The van der Waals surface area contributed by atoms with E-state index < -0.39 is 11.7 Å². The molecule has 3 N–H and O–H groups in total. The Morgan fingerprint density at radius 3 is 2.85 bits per heavy atom. The highest BCUT2D eigenvalue weighted by Crippen LogP contribution is 2.08. The molecule has 1 aliphatic heterocycles. The van der Waals surface area contributed by atoms with Gasteiger partial charge in [0.2, 0.25) is 0 Å². The van der Waals surface area contributed by atoms with E-state index in [0.29, 0.717) is 38.8 Å². The van der Waals surface area contributed by atoms with Gasteiger partial charge in [-0.15, -0.1) is 0 Å². The molecule has 2 rings (SSSR count). The SMILES string of the molecule is CCNC(=NCCCOC1CCOC1)NCCNC(=O)c1ccccc1F. The monoisotopic (exact) mass is 380 g/mol. The summed E-state index contributed by atoms with van der Waals surface area (Å²) in [6.45, 7) is 6.35. The van der Waals surface area contributed by atoms with Crippen molar-refractivity contribution in [2.45, 2.75) is 25.9 Å². The first-order chi connectivity index (χ1) is 13.2. The summed E-state index contributed by atoms with van der Waals surface area (Å²) in [5.41, 5.74) is 0.0470. The standard InChI is InChI=1S/C19H29FN4O3/c1-2-21-19(23-9-5-12-27-15-8-13-26-14-15)24-11-10-22-18(25)16-6-3-4-7-17(16)20/h3-4,6-7,15H,2,5,8-14H2,1H3,(H,22,25)(H2,21,23,24). The highest BCUT2D eigenvalue weighted by atomic mass is 19.1. The zero-order chi connectivity index (χ0) is 19.3. The van der Waals surface area contributed by atoms with Crippen LogP contribution in [0.4, 0.5) is 4.39 Å². The van der Waals surface area contributed by atoms with Crippen molar-refractivity contribution < 1.29 is 18.7 Å². The average molecular weight is 380 g/mol. The Hall–Kier alpha value is -2.19. The lowest BCUT2D eigenvalue weighted by Crippen LogP contribution is -2.41. The van der Waals surface area contributed by atoms with Crippen LogP contribution in [0.3, 0.4) is 0 Å². The van der Waals surface area contributed by atoms with E-state index in [0.717, 1.165) is 26.0 Å². The Kier molecular flexibility index (Phi) is 9.57. The number of ether oxygens (including phenoxy) is 2. The first-order valence-corrected chi connectivity index (χ1v) is 9.45. The minimum absolute atomic E-state index is 0.0470. The molecule has 1 aromatic rings. The molecule has 0 saturated carbocycles. The van der Waals surface area contributed by atoms with Crippen LogP contribution in [-0.2, 0) is 9.47 Å². The van der Waals surface area contributed by atoms with Gasteiger partial charge >= 0.3 is 0 Å². The maximum absolute atomic E-state index is 13.6. The first-order valence-electron chi connectivity index (χ1n) is 9.45. The van der Waals surface area contributed by atoms with Crippen LogP contribution in [0.1, 0.15) is 30.1 Å². The second-order valence-corrected chi connectivity index (χ2v) is 6.13. The van der Waals surface area contributed by atoms with Crippen LogP contribution in [-0.4, -0.2) is 64.0 Å². The van der Waals surface area contributed by atoms with Crippen LogP contribution in [0.15, 0.2) is 29.3 Å². The lowest BCUT2D eigenvalue weighted by atomic mass is 10.2. The Bertz CT molecular complexity index is 606. The Morgan fingerprint density at radius 2 is 2.11 bits per heavy atom. The van der Waals surface area contributed by atoms with Gasteiger partial charge in [-0.2, -0.15) is 0 Å².